The van der Waals surface area contributed by atoms with Crippen LogP contribution in [0.25, 0.3) is 0 Å². The molecule has 100 valence electrons. The third kappa shape index (κ3) is 3.67. The summed E-state index contributed by atoms with van der Waals surface area (Å²) in [5.41, 5.74) is 0.896. The molecule has 1 rings (SSSR count). The lowest BCUT2D eigenvalue weighted by molar-refractivity contribution is -0.140. The maximum Gasteiger partial charge on any atom is 0.328 e. The molecule has 0 aliphatic rings. The lowest BCUT2D eigenvalue weighted by Crippen LogP contribution is -2.45. The zero-order valence-corrected chi connectivity index (χ0v) is 10.9. The molecule has 1 unspecified atom stereocenters. The van der Waals surface area contributed by atoms with Crippen LogP contribution in [0.1, 0.15) is 17.5 Å². The molecule has 0 aliphatic heterocycles. The number of amides is 2. The van der Waals surface area contributed by atoms with Crippen molar-refractivity contribution in [2.45, 2.75) is 26.3 Å². The van der Waals surface area contributed by atoms with Gasteiger partial charge in [0.15, 0.2) is 11.2 Å². The Morgan fingerprint density at radius 1 is 1.50 bits per heavy atom. The molecule has 0 radical (unpaired) electrons. The van der Waals surface area contributed by atoms with Crippen LogP contribution in [0.3, 0.4) is 0 Å². The number of aliphatic hydroxyl groups is 1. The average Bonchev–Trinajstić information content (AvgIpc) is 2.65. The molecule has 1 heterocycles. The van der Waals surface area contributed by atoms with Gasteiger partial charge in [0, 0.05) is 4.88 Å². The Morgan fingerprint density at radius 2 is 2.17 bits per heavy atom. The van der Waals surface area contributed by atoms with Crippen LogP contribution in [0, 0.1) is 6.92 Å². The number of carbonyl (C=O) groups excluding carboxylic acids is 1. The number of anilines is 1. The molecule has 7 nitrogen and oxygen atoms in total. The third-order valence-corrected chi connectivity index (χ3v) is 3.16. The number of rotatable bonds is 5. The van der Waals surface area contributed by atoms with Crippen molar-refractivity contribution in [3.8, 4) is 0 Å². The molecule has 0 bridgehead atoms. The summed E-state index contributed by atoms with van der Waals surface area (Å²) < 4.78 is 0. The Balaban J connectivity index is 2.61. The first-order valence-corrected chi connectivity index (χ1v) is 6.17. The molecule has 18 heavy (non-hydrogen) atoms. The molecule has 0 spiro atoms. The van der Waals surface area contributed by atoms with Crippen LogP contribution < -0.4 is 10.6 Å². The summed E-state index contributed by atoms with van der Waals surface area (Å²) in [7, 11) is 0. The predicted octanol–water partition coefficient (Wildman–Crippen LogP) is 0.581. The van der Waals surface area contributed by atoms with Crippen molar-refractivity contribution in [1.82, 2.24) is 10.3 Å². The highest BCUT2D eigenvalue weighted by Crippen LogP contribution is 2.22. The van der Waals surface area contributed by atoms with E-state index in [2.05, 4.69) is 15.6 Å². The van der Waals surface area contributed by atoms with Crippen LogP contribution in [0.2, 0.25) is 0 Å². The number of hydrogen-bond donors (Lipinski definition) is 4. The topological polar surface area (TPSA) is 112 Å². The van der Waals surface area contributed by atoms with Crippen LogP contribution in [0.4, 0.5) is 9.93 Å². The third-order valence-electron chi connectivity index (χ3n) is 2.23. The molecular weight excluding hydrogens is 258 g/mol. The van der Waals surface area contributed by atoms with Gasteiger partial charge in [-0.3, -0.25) is 5.32 Å². The van der Waals surface area contributed by atoms with Gasteiger partial charge in [0.2, 0.25) is 0 Å². The predicted molar refractivity (Wildman–Crippen MR) is 66.9 cm³/mol. The smallest absolute Gasteiger partial charge is 0.328 e. The normalized spacial score (nSPS) is 11.9. The van der Waals surface area contributed by atoms with E-state index in [-0.39, 0.29) is 0 Å². The number of aromatic nitrogens is 1. The van der Waals surface area contributed by atoms with Gasteiger partial charge in [-0.2, -0.15) is 0 Å². The van der Waals surface area contributed by atoms with E-state index in [4.69, 9.17) is 10.2 Å². The number of hydrogen-bond acceptors (Lipinski definition) is 5. The minimum absolute atomic E-state index is 0.406. The van der Waals surface area contributed by atoms with Crippen molar-refractivity contribution in [1.29, 1.82) is 0 Å². The van der Waals surface area contributed by atoms with Crippen LogP contribution in [0.15, 0.2) is 0 Å². The first kappa shape index (κ1) is 14.4. The van der Waals surface area contributed by atoms with E-state index >= 15 is 0 Å². The molecule has 1 aromatic heterocycles. The van der Waals surface area contributed by atoms with Gasteiger partial charge in [-0.1, -0.05) is 6.92 Å². The Hall–Kier alpha value is -1.67. The van der Waals surface area contributed by atoms with Crippen LogP contribution in [-0.2, 0) is 11.2 Å². The molecular formula is C10H15N3O4S. The second-order valence-corrected chi connectivity index (χ2v) is 4.75. The van der Waals surface area contributed by atoms with E-state index in [0.29, 0.717) is 5.13 Å². The Labute approximate surface area is 108 Å². The van der Waals surface area contributed by atoms with Crippen molar-refractivity contribution in [3.05, 3.63) is 10.6 Å². The van der Waals surface area contributed by atoms with Crippen molar-refractivity contribution in [2.24, 2.45) is 0 Å². The Kier molecular flexibility index (Phi) is 5.05. The molecule has 4 N–H and O–H groups in total. The fourth-order valence-corrected chi connectivity index (χ4v) is 2.18. The number of urea groups is 1. The summed E-state index contributed by atoms with van der Waals surface area (Å²) in [5.74, 6) is -1.29. The highest BCUT2D eigenvalue weighted by molar-refractivity contribution is 7.15. The summed E-state index contributed by atoms with van der Waals surface area (Å²) in [5, 5.41) is 22.4. The number of nitrogens with one attached hydrogen (secondary N) is 2. The summed E-state index contributed by atoms with van der Waals surface area (Å²) in [6.45, 7) is 3.19. The Bertz CT molecular complexity index is 446. The van der Waals surface area contributed by atoms with E-state index in [1.165, 1.54) is 11.3 Å². The number of aliphatic carboxylic acids is 1. The second-order valence-electron chi connectivity index (χ2n) is 3.55. The van der Waals surface area contributed by atoms with E-state index in [9.17, 15) is 9.59 Å². The van der Waals surface area contributed by atoms with Crippen LogP contribution in [-0.4, -0.2) is 39.8 Å². The minimum Gasteiger partial charge on any atom is -0.480 e. The molecule has 1 atom stereocenters. The number of aliphatic hydroxyl groups excluding tert-OH is 1. The van der Waals surface area contributed by atoms with Crippen molar-refractivity contribution < 1.29 is 19.8 Å². The largest absolute Gasteiger partial charge is 0.480 e. The quantitative estimate of drug-likeness (QED) is 0.627. The molecule has 1 aromatic rings. The van der Waals surface area contributed by atoms with Crippen molar-refractivity contribution in [2.75, 3.05) is 11.9 Å². The van der Waals surface area contributed by atoms with Gasteiger partial charge in [0.1, 0.15) is 0 Å². The number of carbonyl (C=O) groups is 2. The lowest BCUT2D eigenvalue weighted by Gasteiger charge is -2.11. The SMILES string of the molecule is CCc1nc(NC(=O)NC(CO)C(=O)O)sc1C. The summed E-state index contributed by atoms with van der Waals surface area (Å²) in [6.07, 6.45) is 0.764. The first-order chi connectivity index (χ1) is 8.47. The standard InChI is InChI=1S/C10H15N3O4S/c1-3-6-5(2)18-10(12-6)13-9(17)11-7(4-14)8(15)16/h7,14H,3-4H2,1-2H3,(H,15,16)(H2,11,12,13,17). The Morgan fingerprint density at radius 3 is 2.61 bits per heavy atom. The average molecular weight is 273 g/mol. The number of aryl methyl sites for hydroxylation is 2. The molecule has 2 amide bonds. The van der Waals surface area contributed by atoms with Crippen LogP contribution in [0.5, 0.6) is 0 Å². The molecule has 0 aromatic carbocycles. The monoisotopic (exact) mass is 273 g/mol. The van der Waals surface area contributed by atoms with Crippen molar-refractivity contribution >= 4 is 28.5 Å². The first-order valence-electron chi connectivity index (χ1n) is 5.35. The van der Waals surface area contributed by atoms with Gasteiger partial charge < -0.3 is 15.5 Å². The van der Waals surface area contributed by atoms with Gasteiger partial charge in [-0.05, 0) is 13.3 Å². The van der Waals surface area contributed by atoms with E-state index in [1.807, 2.05) is 13.8 Å². The lowest BCUT2D eigenvalue weighted by atomic mass is 10.3. The molecule has 0 saturated heterocycles. The molecule has 0 aliphatic carbocycles. The number of carboxylic acids is 1. The number of thiazole rings is 1. The van der Waals surface area contributed by atoms with E-state index < -0.39 is 24.6 Å². The maximum absolute atomic E-state index is 11.5. The van der Waals surface area contributed by atoms with Crippen LogP contribution >= 0.6 is 11.3 Å². The fourth-order valence-electron chi connectivity index (χ4n) is 1.29. The van der Waals surface area contributed by atoms with E-state index in [1.54, 1.807) is 0 Å². The summed E-state index contributed by atoms with van der Waals surface area (Å²) in [6, 6.07) is -2.02. The highest BCUT2D eigenvalue weighted by Gasteiger charge is 2.19. The summed E-state index contributed by atoms with van der Waals surface area (Å²) in [4.78, 5) is 27.3. The maximum atomic E-state index is 11.5. The fraction of sp³-hybridized carbons (Fsp3) is 0.500. The zero-order valence-electron chi connectivity index (χ0n) is 10.1. The molecule has 0 saturated carbocycles. The number of nitrogens with zero attached hydrogens (tertiary/aromatic N) is 1. The van der Waals surface area contributed by atoms with Gasteiger partial charge >= 0.3 is 12.0 Å². The second kappa shape index (κ2) is 6.31. The summed E-state index contributed by atoms with van der Waals surface area (Å²) >= 11 is 1.32. The zero-order chi connectivity index (χ0) is 13.7. The molecule has 0 fully saturated rings. The van der Waals surface area contributed by atoms with Gasteiger partial charge in [0.25, 0.3) is 0 Å². The highest BCUT2D eigenvalue weighted by atomic mass is 32.1. The van der Waals surface area contributed by atoms with Crippen molar-refractivity contribution in [3.63, 3.8) is 0 Å². The number of carboxylic acid groups (broad SMARTS) is 1. The molecule has 8 heteroatoms. The van der Waals surface area contributed by atoms with Gasteiger partial charge in [-0.25, -0.2) is 14.6 Å². The minimum atomic E-state index is -1.32. The van der Waals surface area contributed by atoms with E-state index in [0.717, 1.165) is 17.0 Å². The van der Waals surface area contributed by atoms with Gasteiger partial charge in [0.05, 0.1) is 12.3 Å². The van der Waals surface area contributed by atoms with Gasteiger partial charge in [-0.15, -0.1) is 11.3 Å².